The molecule has 1 N–H and O–H groups in total. The maximum absolute atomic E-state index is 11.5. The molecule has 0 saturated carbocycles. The van der Waals surface area contributed by atoms with Gasteiger partial charge >= 0.3 is 0 Å². The van der Waals surface area contributed by atoms with Crippen LogP contribution in [0.5, 0.6) is 0 Å². The maximum atomic E-state index is 11.5. The fourth-order valence-electron chi connectivity index (χ4n) is 2.43. The Morgan fingerprint density at radius 3 is 2.60 bits per heavy atom. The van der Waals surface area contributed by atoms with E-state index >= 15 is 0 Å². The summed E-state index contributed by atoms with van der Waals surface area (Å²) in [6.45, 7) is 4.03. The molecule has 5 nitrogen and oxygen atoms in total. The van der Waals surface area contributed by atoms with Crippen molar-refractivity contribution in [1.82, 2.24) is 10.3 Å². The Morgan fingerprint density at radius 2 is 2.00 bits per heavy atom. The lowest BCUT2D eigenvalue weighted by molar-refractivity contribution is 0.586. The van der Waals surface area contributed by atoms with Crippen LogP contribution in [-0.4, -0.2) is 45.0 Å². The van der Waals surface area contributed by atoms with Gasteiger partial charge in [0.2, 0.25) is 0 Å². The summed E-state index contributed by atoms with van der Waals surface area (Å²) >= 11 is 0. The number of pyridine rings is 1. The number of hydrogen-bond donors (Lipinski definition) is 1. The lowest BCUT2D eigenvalue weighted by Gasteiger charge is -2.28. The SMILES string of the molecule is CCCc1cc(CNC)cc(N2CCS(=O)(=O)CC2)n1. The van der Waals surface area contributed by atoms with E-state index in [1.807, 2.05) is 7.05 Å². The number of anilines is 1. The van der Waals surface area contributed by atoms with Gasteiger partial charge in [-0.05, 0) is 31.2 Å². The average molecular weight is 297 g/mol. The van der Waals surface area contributed by atoms with Gasteiger partial charge in [-0.15, -0.1) is 0 Å². The van der Waals surface area contributed by atoms with Crippen LogP contribution in [0, 0.1) is 0 Å². The van der Waals surface area contributed by atoms with Crippen molar-refractivity contribution in [3.63, 3.8) is 0 Å². The van der Waals surface area contributed by atoms with Gasteiger partial charge in [0.25, 0.3) is 0 Å². The van der Waals surface area contributed by atoms with Crippen molar-refractivity contribution < 1.29 is 8.42 Å². The fourth-order valence-corrected chi connectivity index (χ4v) is 3.63. The van der Waals surface area contributed by atoms with Crippen LogP contribution in [0.15, 0.2) is 12.1 Å². The maximum Gasteiger partial charge on any atom is 0.153 e. The average Bonchev–Trinajstić information content (AvgIpc) is 2.39. The van der Waals surface area contributed by atoms with Gasteiger partial charge in [0, 0.05) is 25.3 Å². The first kappa shape index (κ1) is 15.3. The zero-order valence-corrected chi connectivity index (χ0v) is 13.0. The van der Waals surface area contributed by atoms with E-state index < -0.39 is 9.84 Å². The van der Waals surface area contributed by atoms with Crippen LogP contribution < -0.4 is 10.2 Å². The van der Waals surface area contributed by atoms with Gasteiger partial charge in [-0.1, -0.05) is 13.3 Å². The second kappa shape index (κ2) is 6.54. The molecule has 20 heavy (non-hydrogen) atoms. The van der Waals surface area contributed by atoms with Gasteiger partial charge < -0.3 is 10.2 Å². The van der Waals surface area contributed by atoms with Crippen molar-refractivity contribution >= 4 is 15.7 Å². The summed E-state index contributed by atoms with van der Waals surface area (Å²) in [6.07, 6.45) is 2.01. The minimum absolute atomic E-state index is 0.230. The molecule has 0 spiro atoms. The van der Waals surface area contributed by atoms with Crippen LogP contribution in [0.1, 0.15) is 24.6 Å². The lowest BCUT2D eigenvalue weighted by atomic mass is 10.1. The number of aryl methyl sites for hydroxylation is 1. The molecule has 1 saturated heterocycles. The molecule has 1 aliphatic rings. The van der Waals surface area contributed by atoms with Crippen LogP contribution in [0.4, 0.5) is 5.82 Å². The van der Waals surface area contributed by atoms with Crippen molar-refractivity contribution in [3.05, 3.63) is 23.4 Å². The molecule has 0 radical (unpaired) electrons. The zero-order valence-electron chi connectivity index (χ0n) is 12.2. The normalized spacial score (nSPS) is 18.2. The molecule has 6 heteroatoms. The van der Waals surface area contributed by atoms with E-state index in [2.05, 4.69) is 34.3 Å². The molecule has 0 unspecified atom stereocenters. The van der Waals surface area contributed by atoms with Crippen LogP contribution in [0.3, 0.4) is 0 Å². The first-order valence-electron chi connectivity index (χ1n) is 7.14. The standard InChI is InChI=1S/C14H23N3O2S/c1-3-4-13-9-12(11-15-2)10-14(16-13)17-5-7-20(18,19)8-6-17/h9-10,15H,3-8,11H2,1-2H3. The Morgan fingerprint density at radius 1 is 1.30 bits per heavy atom. The van der Waals surface area contributed by atoms with E-state index in [1.54, 1.807) is 0 Å². The summed E-state index contributed by atoms with van der Waals surface area (Å²) < 4.78 is 23.0. The number of sulfone groups is 1. The Hall–Kier alpha value is -1.14. The molecule has 1 fully saturated rings. The number of hydrogen-bond acceptors (Lipinski definition) is 5. The quantitative estimate of drug-likeness (QED) is 0.878. The van der Waals surface area contributed by atoms with Crippen molar-refractivity contribution in [2.24, 2.45) is 0 Å². The van der Waals surface area contributed by atoms with Gasteiger partial charge in [0.15, 0.2) is 9.84 Å². The summed E-state index contributed by atoms with van der Waals surface area (Å²) in [5.74, 6) is 1.37. The molecule has 0 bridgehead atoms. The molecule has 1 aromatic heterocycles. The second-order valence-electron chi connectivity index (χ2n) is 5.24. The largest absolute Gasteiger partial charge is 0.355 e. The fraction of sp³-hybridized carbons (Fsp3) is 0.643. The van der Waals surface area contributed by atoms with Crippen LogP contribution in [0.2, 0.25) is 0 Å². The third-order valence-corrected chi connectivity index (χ3v) is 5.09. The van der Waals surface area contributed by atoms with Gasteiger partial charge in [0.1, 0.15) is 5.82 Å². The highest BCUT2D eigenvalue weighted by Crippen LogP contribution is 2.18. The summed E-state index contributed by atoms with van der Waals surface area (Å²) in [5.41, 5.74) is 2.29. The molecule has 2 heterocycles. The summed E-state index contributed by atoms with van der Waals surface area (Å²) in [7, 11) is -0.922. The third kappa shape index (κ3) is 3.93. The van der Waals surface area contributed by atoms with Crippen LogP contribution in [0.25, 0.3) is 0 Å². The Bertz CT molecular complexity index is 519. The van der Waals surface area contributed by atoms with E-state index in [9.17, 15) is 8.42 Å². The smallest absolute Gasteiger partial charge is 0.153 e. The van der Waals surface area contributed by atoms with Crippen LogP contribution >= 0.6 is 0 Å². The number of nitrogens with one attached hydrogen (secondary N) is 1. The van der Waals surface area contributed by atoms with E-state index in [4.69, 9.17) is 0 Å². The summed E-state index contributed by atoms with van der Waals surface area (Å²) in [6, 6.07) is 4.19. The topological polar surface area (TPSA) is 62.3 Å². The highest BCUT2D eigenvalue weighted by atomic mass is 32.2. The van der Waals surface area contributed by atoms with Crippen molar-refractivity contribution in [2.45, 2.75) is 26.3 Å². The molecular weight excluding hydrogens is 274 g/mol. The van der Waals surface area contributed by atoms with E-state index in [0.29, 0.717) is 13.1 Å². The zero-order chi connectivity index (χ0) is 14.6. The predicted octanol–water partition coefficient (Wildman–Crippen LogP) is 0.988. The Labute approximate surface area is 121 Å². The van der Waals surface area contributed by atoms with Gasteiger partial charge in [-0.25, -0.2) is 13.4 Å². The summed E-state index contributed by atoms with van der Waals surface area (Å²) in [4.78, 5) is 6.76. The third-order valence-electron chi connectivity index (χ3n) is 3.48. The molecule has 0 aliphatic carbocycles. The van der Waals surface area contributed by atoms with Crippen molar-refractivity contribution in [2.75, 3.05) is 36.5 Å². The van der Waals surface area contributed by atoms with E-state index in [1.165, 1.54) is 5.56 Å². The van der Waals surface area contributed by atoms with Gasteiger partial charge in [-0.3, -0.25) is 0 Å². The molecule has 1 aliphatic heterocycles. The molecule has 0 amide bonds. The minimum Gasteiger partial charge on any atom is -0.355 e. The van der Waals surface area contributed by atoms with E-state index in [-0.39, 0.29) is 11.5 Å². The van der Waals surface area contributed by atoms with Crippen molar-refractivity contribution in [3.8, 4) is 0 Å². The Kier molecular flexibility index (Phi) is 4.99. The predicted molar refractivity (Wildman–Crippen MR) is 81.9 cm³/mol. The van der Waals surface area contributed by atoms with Crippen molar-refractivity contribution in [1.29, 1.82) is 0 Å². The second-order valence-corrected chi connectivity index (χ2v) is 7.55. The Balaban J connectivity index is 2.21. The van der Waals surface area contributed by atoms with Crippen LogP contribution in [-0.2, 0) is 22.8 Å². The highest BCUT2D eigenvalue weighted by molar-refractivity contribution is 7.91. The molecular formula is C14H23N3O2S. The molecule has 0 aromatic carbocycles. The number of aromatic nitrogens is 1. The molecule has 2 rings (SSSR count). The minimum atomic E-state index is -2.85. The summed E-state index contributed by atoms with van der Waals surface area (Å²) in [5, 5.41) is 3.15. The number of nitrogens with zero attached hydrogens (tertiary/aromatic N) is 2. The van der Waals surface area contributed by atoms with Gasteiger partial charge in [0.05, 0.1) is 11.5 Å². The highest BCUT2D eigenvalue weighted by Gasteiger charge is 2.22. The van der Waals surface area contributed by atoms with Gasteiger partial charge in [-0.2, -0.15) is 0 Å². The molecule has 112 valence electrons. The first-order chi connectivity index (χ1) is 9.54. The van der Waals surface area contributed by atoms with E-state index in [0.717, 1.165) is 30.9 Å². The molecule has 0 atom stereocenters. The first-order valence-corrected chi connectivity index (χ1v) is 8.96. The lowest BCUT2D eigenvalue weighted by Crippen LogP contribution is -2.40. The monoisotopic (exact) mass is 297 g/mol. The molecule has 1 aromatic rings. The number of rotatable bonds is 5.